The molecule has 0 radical (unpaired) electrons. The molecule has 0 spiro atoms. The zero-order valence-electron chi connectivity index (χ0n) is 12.2. The fourth-order valence-corrected chi connectivity index (χ4v) is 2.66. The molecule has 5 heteroatoms. The van der Waals surface area contributed by atoms with Crippen LogP contribution in [0, 0.1) is 0 Å². The first-order valence-electron chi connectivity index (χ1n) is 6.99. The summed E-state index contributed by atoms with van der Waals surface area (Å²) in [5.74, 6) is 0.918. The van der Waals surface area contributed by atoms with Gasteiger partial charge in [0.1, 0.15) is 5.82 Å². The Morgan fingerprint density at radius 3 is 2.57 bits per heavy atom. The maximum absolute atomic E-state index is 6.23. The lowest BCUT2D eigenvalue weighted by Crippen LogP contribution is -2.30. The van der Waals surface area contributed by atoms with Crippen LogP contribution in [0.2, 0.25) is 0 Å². The number of aromatic nitrogens is 4. The molecule has 108 valence electrons. The Morgan fingerprint density at radius 2 is 1.95 bits per heavy atom. The van der Waals surface area contributed by atoms with Gasteiger partial charge in [-0.25, -0.2) is 4.98 Å². The number of hydrogen-bond acceptors (Lipinski definition) is 3. The van der Waals surface area contributed by atoms with Crippen molar-refractivity contribution in [3.05, 3.63) is 60.7 Å². The zero-order valence-corrected chi connectivity index (χ0v) is 12.2. The van der Waals surface area contributed by atoms with E-state index in [0.29, 0.717) is 0 Å². The van der Waals surface area contributed by atoms with Gasteiger partial charge in [0, 0.05) is 42.8 Å². The van der Waals surface area contributed by atoms with Gasteiger partial charge in [0.25, 0.3) is 0 Å². The first-order chi connectivity index (χ1) is 10.2. The maximum Gasteiger partial charge on any atom is 0.140 e. The summed E-state index contributed by atoms with van der Waals surface area (Å²) >= 11 is 0. The summed E-state index contributed by atoms with van der Waals surface area (Å²) < 4.78 is 3.92. The van der Waals surface area contributed by atoms with Gasteiger partial charge in [0.2, 0.25) is 0 Å². The molecule has 2 heterocycles. The van der Waals surface area contributed by atoms with E-state index in [1.165, 1.54) is 0 Å². The van der Waals surface area contributed by atoms with Crippen LogP contribution < -0.4 is 5.73 Å². The molecule has 2 unspecified atom stereocenters. The molecule has 0 aliphatic heterocycles. The van der Waals surface area contributed by atoms with E-state index < -0.39 is 0 Å². The molecule has 2 aromatic heterocycles. The van der Waals surface area contributed by atoms with Gasteiger partial charge in [-0.1, -0.05) is 30.3 Å². The Bertz CT molecular complexity index is 711. The highest BCUT2D eigenvalue weighted by Gasteiger charge is 2.22. The van der Waals surface area contributed by atoms with Gasteiger partial charge in [0.15, 0.2) is 0 Å². The Morgan fingerprint density at radius 1 is 1.19 bits per heavy atom. The van der Waals surface area contributed by atoms with Gasteiger partial charge in [-0.2, -0.15) is 5.10 Å². The standard InChI is InChI=1S/C16H19N5/c1-12(17)15(14-10-19-20(2)11-14)21-9-8-18-16(21)13-6-4-3-5-7-13/h3-12,15H,17H2,1-2H3. The minimum absolute atomic E-state index is 0.0106. The van der Waals surface area contributed by atoms with Gasteiger partial charge in [0.05, 0.1) is 12.2 Å². The molecule has 21 heavy (non-hydrogen) atoms. The van der Waals surface area contributed by atoms with Crippen LogP contribution in [0.4, 0.5) is 0 Å². The minimum atomic E-state index is -0.0501. The molecule has 2 atom stereocenters. The third-order valence-electron chi connectivity index (χ3n) is 3.56. The molecule has 0 saturated heterocycles. The summed E-state index contributed by atoms with van der Waals surface area (Å²) in [5.41, 5.74) is 8.40. The van der Waals surface area contributed by atoms with Gasteiger partial charge in [-0.05, 0) is 6.92 Å². The monoisotopic (exact) mass is 281 g/mol. The second-order valence-electron chi connectivity index (χ2n) is 5.28. The van der Waals surface area contributed by atoms with Crippen molar-refractivity contribution in [1.82, 2.24) is 19.3 Å². The number of nitrogens with zero attached hydrogens (tertiary/aromatic N) is 4. The molecular formula is C16H19N5. The van der Waals surface area contributed by atoms with Gasteiger partial charge in [-0.3, -0.25) is 4.68 Å². The SMILES string of the molecule is CC(N)C(c1cnn(C)c1)n1ccnc1-c1ccccc1. The Kier molecular flexibility index (Phi) is 3.58. The third-order valence-corrected chi connectivity index (χ3v) is 3.56. The molecule has 3 aromatic rings. The van der Waals surface area contributed by atoms with E-state index in [-0.39, 0.29) is 12.1 Å². The summed E-state index contributed by atoms with van der Waals surface area (Å²) in [6.07, 6.45) is 7.66. The van der Waals surface area contributed by atoms with E-state index in [1.54, 1.807) is 4.68 Å². The van der Waals surface area contributed by atoms with Crippen LogP contribution >= 0.6 is 0 Å². The average molecular weight is 281 g/mol. The molecule has 0 aliphatic rings. The first-order valence-corrected chi connectivity index (χ1v) is 6.99. The van der Waals surface area contributed by atoms with Crippen molar-refractivity contribution in [3.63, 3.8) is 0 Å². The lowest BCUT2D eigenvalue weighted by Gasteiger charge is -2.23. The van der Waals surface area contributed by atoms with Crippen molar-refractivity contribution in [3.8, 4) is 11.4 Å². The second kappa shape index (κ2) is 5.54. The van der Waals surface area contributed by atoms with Crippen LogP contribution in [0.3, 0.4) is 0 Å². The minimum Gasteiger partial charge on any atom is -0.326 e. The van der Waals surface area contributed by atoms with Crippen molar-refractivity contribution >= 4 is 0 Å². The van der Waals surface area contributed by atoms with E-state index in [1.807, 2.05) is 57.0 Å². The molecule has 0 fully saturated rings. The smallest absolute Gasteiger partial charge is 0.140 e. The quantitative estimate of drug-likeness (QED) is 0.797. The van der Waals surface area contributed by atoms with E-state index in [9.17, 15) is 0 Å². The number of nitrogens with two attached hydrogens (primary N) is 1. The molecule has 1 aromatic carbocycles. The van der Waals surface area contributed by atoms with Crippen molar-refractivity contribution in [1.29, 1.82) is 0 Å². The van der Waals surface area contributed by atoms with Crippen LogP contribution in [0.1, 0.15) is 18.5 Å². The van der Waals surface area contributed by atoms with Crippen molar-refractivity contribution < 1.29 is 0 Å². The Labute approximate surface area is 124 Å². The highest BCUT2D eigenvalue weighted by atomic mass is 15.2. The lowest BCUT2D eigenvalue weighted by molar-refractivity contribution is 0.500. The van der Waals surface area contributed by atoms with Crippen molar-refractivity contribution in [2.24, 2.45) is 12.8 Å². The third kappa shape index (κ3) is 2.60. The Balaban J connectivity index is 2.08. The van der Waals surface area contributed by atoms with Crippen LogP contribution in [-0.4, -0.2) is 25.4 Å². The molecule has 2 N–H and O–H groups in total. The van der Waals surface area contributed by atoms with Gasteiger partial charge >= 0.3 is 0 Å². The molecular weight excluding hydrogens is 262 g/mol. The Hall–Kier alpha value is -2.40. The first kappa shape index (κ1) is 13.6. The van der Waals surface area contributed by atoms with E-state index >= 15 is 0 Å². The van der Waals surface area contributed by atoms with Gasteiger partial charge < -0.3 is 10.3 Å². The van der Waals surface area contributed by atoms with E-state index in [4.69, 9.17) is 5.73 Å². The highest BCUT2D eigenvalue weighted by molar-refractivity contribution is 5.55. The lowest BCUT2D eigenvalue weighted by atomic mass is 10.0. The molecule has 0 saturated carbocycles. The number of hydrogen-bond donors (Lipinski definition) is 1. The van der Waals surface area contributed by atoms with E-state index in [0.717, 1.165) is 17.0 Å². The van der Waals surface area contributed by atoms with Crippen LogP contribution in [0.5, 0.6) is 0 Å². The predicted octanol–water partition coefficient (Wildman–Crippen LogP) is 2.22. The van der Waals surface area contributed by atoms with Crippen LogP contribution in [-0.2, 0) is 7.05 Å². The second-order valence-corrected chi connectivity index (χ2v) is 5.28. The number of rotatable bonds is 4. The van der Waals surface area contributed by atoms with Crippen molar-refractivity contribution in [2.45, 2.75) is 19.0 Å². The number of imidazole rings is 1. The summed E-state index contributed by atoms with van der Waals surface area (Å²) in [7, 11) is 1.91. The zero-order chi connectivity index (χ0) is 14.8. The summed E-state index contributed by atoms with van der Waals surface area (Å²) in [4.78, 5) is 4.50. The van der Waals surface area contributed by atoms with Crippen LogP contribution in [0.25, 0.3) is 11.4 Å². The fraction of sp³-hybridized carbons (Fsp3) is 0.250. The van der Waals surface area contributed by atoms with Crippen LogP contribution in [0.15, 0.2) is 55.1 Å². The van der Waals surface area contributed by atoms with Crippen molar-refractivity contribution in [2.75, 3.05) is 0 Å². The average Bonchev–Trinajstić information content (AvgIpc) is 3.10. The normalized spacial score (nSPS) is 14.0. The largest absolute Gasteiger partial charge is 0.326 e. The molecule has 0 bridgehead atoms. The summed E-state index contributed by atoms with van der Waals surface area (Å²) in [5, 5.41) is 4.26. The fourth-order valence-electron chi connectivity index (χ4n) is 2.66. The molecule has 5 nitrogen and oxygen atoms in total. The molecule has 0 aliphatic carbocycles. The predicted molar refractivity (Wildman–Crippen MR) is 82.7 cm³/mol. The van der Waals surface area contributed by atoms with E-state index in [2.05, 4.69) is 26.8 Å². The molecule has 3 rings (SSSR count). The topological polar surface area (TPSA) is 61.7 Å². The number of aryl methyl sites for hydroxylation is 1. The van der Waals surface area contributed by atoms with Gasteiger partial charge in [-0.15, -0.1) is 0 Å². The maximum atomic E-state index is 6.23. The summed E-state index contributed by atoms with van der Waals surface area (Å²) in [6, 6.07) is 10.1. The highest BCUT2D eigenvalue weighted by Crippen LogP contribution is 2.27. The number of benzene rings is 1. The summed E-state index contributed by atoms with van der Waals surface area (Å²) in [6.45, 7) is 2.01. The molecule has 0 amide bonds.